The highest BCUT2D eigenvalue weighted by Crippen LogP contribution is 2.33. The number of hydrogen-bond donors (Lipinski definition) is 0. The second-order valence-corrected chi connectivity index (χ2v) is 6.44. The number of amides is 1. The predicted molar refractivity (Wildman–Crippen MR) is 111 cm³/mol. The number of benzene rings is 1. The van der Waals surface area contributed by atoms with Gasteiger partial charge in [-0.1, -0.05) is 20.4 Å². The van der Waals surface area contributed by atoms with Gasteiger partial charge in [-0.05, 0) is 31.3 Å². The smallest absolute Gasteiger partial charge is 0.250 e. The van der Waals surface area contributed by atoms with E-state index in [1.54, 1.807) is 11.9 Å². The van der Waals surface area contributed by atoms with Crippen LogP contribution >= 0.6 is 9.24 Å². The summed E-state index contributed by atoms with van der Waals surface area (Å²) in [4.78, 5) is 18.1. The van der Waals surface area contributed by atoms with Gasteiger partial charge in [-0.2, -0.15) is 0 Å². The third kappa shape index (κ3) is 6.37. The molecule has 1 rings (SSSR count). The molecule has 0 saturated heterocycles. The van der Waals surface area contributed by atoms with Crippen LogP contribution in [0, 0.1) is 0 Å². The van der Waals surface area contributed by atoms with Crippen LogP contribution < -0.4 is 14.5 Å². The first-order valence-electron chi connectivity index (χ1n) is 8.49. The van der Waals surface area contributed by atoms with Gasteiger partial charge in [0.15, 0.2) is 0 Å². The van der Waals surface area contributed by atoms with Gasteiger partial charge in [0.25, 0.3) is 0 Å². The standard InChI is InChI=1S/C18H29BN3O2P/c1-6-17(23)21(5)15-10-9-14(24-18(19)25)13-16(15)20(4)11-12-22(7-2)8-3/h6,9-10,13,18H,1,7-8,11-12,25H2,2-5H3. The van der Waals surface area contributed by atoms with Crippen LogP contribution in [-0.2, 0) is 4.79 Å². The van der Waals surface area contributed by atoms with Crippen molar-refractivity contribution in [2.75, 3.05) is 50.1 Å². The average Bonchev–Trinajstić information content (AvgIpc) is 2.60. The van der Waals surface area contributed by atoms with Crippen molar-refractivity contribution in [3.8, 4) is 5.75 Å². The van der Waals surface area contributed by atoms with E-state index in [4.69, 9.17) is 12.6 Å². The van der Waals surface area contributed by atoms with E-state index < -0.39 is 5.74 Å². The molecule has 0 bridgehead atoms. The summed E-state index contributed by atoms with van der Waals surface area (Å²) >= 11 is 0. The van der Waals surface area contributed by atoms with Crippen molar-refractivity contribution in [2.45, 2.75) is 19.6 Å². The van der Waals surface area contributed by atoms with Crippen LogP contribution in [0.15, 0.2) is 30.9 Å². The Hall–Kier alpha value is -1.52. The lowest BCUT2D eigenvalue weighted by Gasteiger charge is -2.29. The van der Waals surface area contributed by atoms with Crippen molar-refractivity contribution in [3.05, 3.63) is 30.9 Å². The fourth-order valence-electron chi connectivity index (χ4n) is 2.53. The molecule has 0 aliphatic carbocycles. The molecule has 0 heterocycles. The molecule has 1 aromatic carbocycles. The molecule has 0 saturated carbocycles. The van der Waals surface area contributed by atoms with E-state index in [0.717, 1.165) is 37.6 Å². The Kier molecular flexibility index (Phi) is 9.02. The maximum Gasteiger partial charge on any atom is 0.250 e. The second kappa shape index (κ2) is 10.5. The van der Waals surface area contributed by atoms with Gasteiger partial charge in [0.05, 0.1) is 17.1 Å². The zero-order chi connectivity index (χ0) is 19.0. The number of carbonyl (C=O) groups is 1. The van der Waals surface area contributed by atoms with Crippen LogP contribution in [0.25, 0.3) is 0 Å². The summed E-state index contributed by atoms with van der Waals surface area (Å²) < 4.78 is 5.57. The van der Waals surface area contributed by atoms with Gasteiger partial charge in [0.1, 0.15) is 13.6 Å². The molecule has 1 amide bonds. The van der Waals surface area contributed by atoms with Gasteiger partial charge in [-0.3, -0.25) is 4.79 Å². The minimum absolute atomic E-state index is 0.158. The lowest BCUT2D eigenvalue weighted by Crippen LogP contribution is -2.34. The van der Waals surface area contributed by atoms with Gasteiger partial charge < -0.3 is 19.4 Å². The molecular formula is C18H29BN3O2P. The number of nitrogens with zero attached hydrogens (tertiary/aromatic N) is 3. The SMILES string of the molecule is [B]C(P)Oc1ccc(N(C)C(=O)C=C)c(N(C)CCN(CC)CC)c1. The lowest BCUT2D eigenvalue weighted by molar-refractivity contribution is -0.113. The molecular weight excluding hydrogens is 332 g/mol. The molecule has 0 N–H and O–H groups in total. The largest absolute Gasteiger partial charge is 0.497 e. The Morgan fingerprint density at radius 2 is 1.92 bits per heavy atom. The van der Waals surface area contributed by atoms with Crippen LogP contribution in [0.1, 0.15) is 13.8 Å². The zero-order valence-electron chi connectivity index (χ0n) is 15.7. The molecule has 5 nitrogen and oxygen atoms in total. The third-order valence-electron chi connectivity index (χ3n) is 4.14. The van der Waals surface area contributed by atoms with Crippen LogP contribution in [0.4, 0.5) is 11.4 Å². The Bertz CT molecular complexity index is 579. The zero-order valence-corrected chi connectivity index (χ0v) is 16.9. The maximum atomic E-state index is 12.0. The minimum atomic E-state index is -0.479. The van der Waals surface area contributed by atoms with Crippen LogP contribution in [0.2, 0.25) is 0 Å². The Morgan fingerprint density at radius 3 is 2.44 bits per heavy atom. The molecule has 0 spiro atoms. The van der Waals surface area contributed by atoms with Crippen molar-refractivity contribution in [3.63, 3.8) is 0 Å². The first kappa shape index (κ1) is 21.5. The van der Waals surface area contributed by atoms with E-state index in [1.165, 1.54) is 6.08 Å². The van der Waals surface area contributed by atoms with Crippen molar-refractivity contribution >= 4 is 34.4 Å². The molecule has 0 aliphatic heterocycles. The topological polar surface area (TPSA) is 36.0 Å². The first-order chi connectivity index (χ1) is 11.8. The van der Waals surface area contributed by atoms with E-state index in [0.29, 0.717) is 5.75 Å². The average molecular weight is 361 g/mol. The number of hydrogen-bond acceptors (Lipinski definition) is 4. The van der Waals surface area contributed by atoms with Crippen LogP contribution in [0.3, 0.4) is 0 Å². The maximum absolute atomic E-state index is 12.0. The Labute approximate surface area is 155 Å². The summed E-state index contributed by atoms with van der Waals surface area (Å²) in [5.74, 6) is 0.0254. The quantitative estimate of drug-likeness (QED) is 0.364. The third-order valence-corrected chi connectivity index (χ3v) is 4.28. The van der Waals surface area contributed by atoms with E-state index in [-0.39, 0.29) is 5.91 Å². The van der Waals surface area contributed by atoms with Crippen molar-refractivity contribution in [2.24, 2.45) is 0 Å². The van der Waals surface area contributed by atoms with E-state index in [2.05, 4.69) is 39.5 Å². The number of carbonyl (C=O) groups excluding carboxylic acids is 1. The molecule has 1 aromatic rings. The number of likely N-dealkylation sites (N-methyl/N-ethyl adjacent to an activating group) is 3. The predicted octanol–water partition coefficient (Wildman–Crippen LogP) is 2.32. The van der Waals surface area contributed by atoms with Gasteiger partial charge in [0.2, 0.25) is 5.91 Å². The number of ether oxygens (including phenoxy) is 1. The summed E-state index contributed by atoms with van der Waals surface area (Å²) in [6, 6.07) is 5.59. The van der Waals surface area contributed by atoms with Crippen LogP contribution in [-0.4, -0.2) is 64.7 Å². The molecule has 25 heavy (non-hydrogen) atoms. The van der Waals surface area contributed by atoms with Gasteiger partial charge in [0, 0.05) is 33.3 Å². The lowest BCUT2D eigenvalue weighted by atomic mass is 10.2. The van der Waals surface area contributed by atoms with Gasteiger partial charge >= 0.3 is 0 Å². The highest BCUT2D eigenvalue weighted by Gasteiger charge is 2.17. The van der Waals surface area contributed by atoms with E-state index in [1.807, 2.05) is 25.2 Å². The fourth-order valence-corrected chi connectivity index (χ4v) is 2.69. The Balaban J connectivity index is 3.12. The molecule has 136 valence electrons. The molecule has 2 radical (unpaired) electrons. The summed E-state index contributed by atoms with van der Waals surface area (Å²) in [7, 11) is 11.9. The molecule has 0 aliphatic rings. The number of anilines is 2. The van der Waals surface area contributed by atoms with Crippen molar-refractivity contribution in [1.29, 1.82) is 0 Å². The van der Waals surface area contributed by atoms with Gasteiger partial charge in [-0.15, -0.1) is 9.24 Å². The first-order valence-corrected chi connectivity index (χ1v) is 9.16. The minimum Gasteiger partial charge on any atom is -0.497 e. The van der Waals surface area contributed by atoms with Crippen LogP contribution in [0.5, 0.6) is 5.75 Å². The van der Waals surface area contributed by atoms with Crippen molar-refractivity contribution in [1.82, 2.24) is 4.90 Å². The fraction of sp³-hybridized carbons (Fsp3) is 0.500. The molecule has 2 unspecified atom stereocenters. The molecule has 0 fully saturated rings. The Morgan fingerprint density at radius 1 is 1.28 bits per heavy atom. The molecule has 7 heteroatoms. The highest BCUT2D eigenvalue weighted by molar-refractivity contribution is 7.20. The molecule has 0 aromatic heterocycles. The summed E-state index contributed by atoms with van der Waals surface area (Å²) in [5, 5.41) is 0. The summed E-state index contributed by atoms with van der Waals surface area (Å²) in [5.41, 5.74) is 1.71. The highest BCUT2D eigenvalue weighted by atomic mass is 31.0. The molecule has 2 atom stereocenters. The van der Waals surface area contributed by atoms with Crippen molar-refractivity contribution < 1.29 is 9.53 Å². The van der Waals surface area contributed by atoms with Gasteiger partial charge in [-0.25, -0.2) is 0 Å². The normalized spacial score (nSPS) is 11.9. The summed E-state index contributed by atoms with van der Waals surface area (Å²) in [6.45, 7) is 11.7. The monoisotopic (exact) mass is 361 g/mol. The second-order valence-electron chi connectivity index (χ2n) is 5.78. The summed E-state index contributed by atoms with van der Waals surface area (Å²) in [6.07, 6.45) is 1.31. The van der Waals surface area contributed by atoms with E-state index >= 15 is 0 Å². The number of rotatable bonds is 10. The van der Waals surface area contributed by atoms with E-state index in [9.17, 15) is 4.79 Å².